The van der Waals surface area contributed by atoms with Crippen molar-refractivity contribution in [3.8, 4) is 11.5 Å². The Kier molecular flexibility index (Phi) is 6.05. The molecule has 7 heteroatoms. The third-order valence-corrected chi connectivity index (χ3v) is 5.02. The summed E-state index contributed by atoms with van der Waals surface area (Å²) in [6.07, 6.45) is 1.58. The molecule has 160 valence electrons. The first-order valence-corrected chi connectivity index (χ1v) is 10.1. The van der Waals surface area contributed by atoms with Gasteiger partial charge in [-0.1, -0.05) is 35.9 Å². The van der Waals surface area contributed by atoms with Gasteiger partial charge in [0, 0.05) is 10.6 Å². The van der Waals surface area contributed by atoms with E-state index in [0.717, 1.165) is 11.1 Å². The molecule has 3 aromatic carbocycles. The zero-order valence-corrected chi connectivity index (χ0v) is 18.1. The summed E-state index contributed by atoms with van der Waals surface area (Å²) in [6, 6.07) is 18.8. The van der Waals surface area contributed by atoms with Gasteiger partial charge in [0.1, 0.15) is 0 Å². The van der Waals surface area contributed by atoms with Crippen LogP contribution in [0.5, 0.6) is 11.5 Å². The molecule has 0 aliphatic carbocycles. The normalized spacial score (nSPS) is 14.2. The van der Waals surface area contributed by atoms with Crippen molar-refractivity contribution in [1.29, 1.82) is 0 Å². The first kappa shape index (κ1) is 21.3. The number of hydrogen-bond donors (Lipinski definition) is 0. The van der Waals surface area contributed by atoms with Crippen molar-refractivity contribution in [3.63, 3.8) is 0 Å². The minimum atomic E-state index is -0.544. The van der Waals surface area contributed by atoms with Crippen LogP contribution in [0.3, 0.4) is 0 Å². The van der Waals surface area contributed by atoms with Crippen molar-refractivity contribution >= 4 is 35.5 Å². The van der Waals surface area contributed by atoms with E-state index in [2.05, 4.69) is 4.99 Å². The van der Waals surface area contributed by atoms with Gasteiger partial charge in [-0.15, -0.1) is 0 Å². The SMILES string of the molecule is COc1cc(/C=C2\N=C(c3ccccc3C)OC2=O)ccc1OC(=O)c1ccc(Cl)cc1. The van der Waals surface area contributed by atoms with E-state index in [4.69, 9.17) is 25.8 Å². The molecule has 0 saturated heterocycles. The van der Waals surface area contributed by atoms with Crippen LogP contribution in [0.2, 0.25) is 5.02 Å². The highest BCUT2D eigenvalue weighted by Gasteiger charge is 2.25. The third-order valence-electron chi connectivity index (χ3n) is 4.77. The molecule has 0 bridgehead atoms. The number of halogens is 1. The molecule has 0 radical (unpaired) electrons. The quantitative estimate of drug-likeness (QED) is 0.304. The molecule has 6 nitrogen and oxygen atoms in total. The zero-order valence-electron chi connectivity index (χ0n) is 17.3. The van der Waals surface area contributed by atoms with Gasteiger partial charge in [0.05, 0.1) is 12.7 Å². The van der Waals surface area contributed by atoms with Crippen molar-refractivity contribution < 1.29 is 23.8 Å². The van der Waals surface area contributed by atoms with Crippen LogP contribution in [0.25, 0.3) is 6.08 Å². The lowest BCUT2D eigenvalue weighted by atomic mass is 10.1. The Labute approximate surface area is 189 Å². The van der Waals surface area contributed by atoms with E-state index < -0.39 is 11.9 Å². The molecule has 1 aliphatic heterocycles. The summed E-state index contributed by atoms with van der Waals surface area (Å²) >= 11 is 5.85. The van der Waals surface area contributed by atoms with Gasteiger partial charge in [-0.2, -0.15) is 0 Å². The van der Waals surface area contributed by atoms with Crippen LogP contribution in [-0.4, -0.2) is 24.9 Å². The third kappa shape index (κ3) is 4.55. The van der Waals surface area contributed by atoms with Crippen molar-refractivity contribution in [2.75, 3.05) is 7.11 Å². The molecule has 0 atom stereocenters. The van der Waals surface area contributed by atoms with Gasteiger partial charge in [0.15, 0.2) is 17.2 Å². The maximum Gasteiger partial charge on any atom is 0.363 e. The van der Waals surface area contributed by atoms with Gasteiger partial charge in [-0.25, -0.2) is 14.6 Å². The van der Waals surface area contributed by atoms with Crippen LogP contribution in [0.15, 0.2) is 77.4 Å². The average Bonchev–Trinajstić information content (AvgIpc) is 3.15. The Morgan fingerprint density at radius 3 is 2.50 bits per heavy atom. The molecule has 1 aliphatic rings. The van der Waals surface area contributed by atoms with E-state index in [1.807, 2.05) is 31.2 Å². The van der Waals surface area contributed by atoms with Gasteiger partial charge in [0.2, 0.25) is 5.90 Å². The van der Waals surface area contributed by atoms with E-state index >= 15 is 0 Å². The van der Waals surface area contributed by atoms with E-state index in [9.17, 15) is 9.59 Å². The number of hydrogen-bond acceptors (Lipinski definition) is 6. The minimum absolute atomic E-state index is 0.163. The van der Waals surface area contributed by atoms with Crippen LogP contribution in [0.1, 0.15) is 27.0 Å². The molecule has 0 spiro atoms. The molecule has 0 amide bonds. The van der Waals surface area contributed by atoms with E-state index in [-0.39, 0.29) is 17.3 Å². The maximum atomic E-state index is 12.4. The summed E-state index contributed by atoms with van der Waals surface area (Å²) in [5, 5.41) is 0.523. The number of benzene rings is 3. The Morgan fingerprint density at radius 2 is 1.78 bits per heavy atom. The molecule has 4 rings (SSSR count). The molecule has 0 unspecified atom stereocenters. The molecule has 0 N–H and O–H groups in total. The highest BCUT2D eigenvalue weighted by Crippen LogP contribution is 2.30. The summed E-state index contributed by atoms with van der Waals surface area (Å²) in [4.78, 5) is 29.0. The highest BCUT2D eigenvalue weighted by molar-refractivity contribution is 6.30. The van der Waals surface area contributed by atoms with Gasteiger partial charge in [-0.3, -0.25) is 0 Å². The largest absolute Gasteiger partial charge is 0.493 e. The lowest BCUT2D eigenvalue weighted by Crippen LogP contribution is -2.09. The van der Waals surface area contributed by atoms with E-state index in [1.54, 1.807) is 48.5 Å². The van der Waals surface area contributed by atoms with Gasteiger partial charge in [0.25, 0.3) is 0 Å². The molecule has 32 heavy (non-hydrogen) atoms. The standard InChI is InChI=1S/C25H18ClNO5/c1-15-5-3-4-6-19(15)23-27-20(25(29)32-23)13-16-7-12-21(22(14-16)30-2)31-24(28)17-8-10-18(26)11-9-17/h3-14H,1-2H3/b20-13-. The number of cyclic esters (lactones) is 1. The molecular weight excluding hydrogens is 430 g/mol. The molecule has 0 fully saturated rings. The second-order valence-electron chi connectivity index (χ2n) is 6.96. The molecule has 3 aromatic rings. The van der Waals surface area contributed by atoms with Crippen molar-refractivity contribution in [2.45, 2.75) is 6.92 Å². The summed E-state index contributed by atoms with van der Waals surface area (Å²) in [5.41, 5.74) is 2.86. The van der Waals surface area contributed by atoms with Crippen LogP contribution >= 0.6 is 11.6 Å². The predicted molar refractivity (Wildman–Crippen MR) is 121 cm³/mol. The van der Waals surface area contributed by atoms with Crippen molar-refractivity contribution in [1.82, 2.24) is 0 Å². The minimum Gasteiger partial charge on any atom is -0.493 e. The number of ether oxygens (including phenoxy) is 3. The molecular formula is C25H18ClNO5. The van der Waals surface area contributed by atoms with E-state index in [0.29, 0.717) is 21.9 Å². The second-order valence-corrected chi connectivity index (χ2v) is 7.39. The number of carbonyl (C=O) groups excluding carboxylic acids is 2. The second kappa shape index (κ2) is 9.08. The fourth-order valence-corrected chi connectivity index (χ4v) is 3.22. The Balaban J connectivity index is 1.58. The topological polar surface area (TPSA) is 74.2 Å². The number of esters is 2. The van der Waals surface area contributed by atoms with Gasteiger partial charge < -0.3 is 14.2 Å². The van der Waals surface area contributed by atoms with Crippen molar-refractivity contribution in [3.05, 3.63) is 99.7 Å². The number of carbonyl (C=O) groups is 2. The maximum absolute atomic E-state index is 12.4. The number of aliphatic imine (C=N–C) groups is 1. The number of methoxy groups -OCH3 is 1. The first-order valence-electron chi connectivity index (χ1n) is 9.69. The average molecular weight is 448 g/mol. The number of aryl methyl sites for hydroxylation is 1. The van der Waals surface area contributed by atoms with Crippen LogP contribution in [0, 0.1) is 6.92 Å². The fraction of sp³-hybridized carbons (Fsp3) is 0.0800. The van der Waals surface area contributed by atoms with Crippen molar-refractivity contribution in [2.24, 2.45) is 4.99 Å². The monoisotopic (exact) mass is 447 g/mol. The summed E-state index contributed by atoms with van der Waals surface area (Å²) in [6.45, 7) is 1.92. The summed E-state index contributed by atoms with van der Waals surface area (Å²) in [7, 11) is 1.46. The fourth-order valence-electron chi connectivity index (χ4n) is 3.10. The Morgan fingerprint density at radius 1 is 1.03 bits per heavy atom. The zero-order chi connectivity index (χ0) is 22.7. The first-order chi connectivity index (χ1) is 15.4. The number of nitrogens with zero attached hydrogens (tertiary/aromatic N) is 1. The van der Waals surface area contributed by atoms with E-state index in [1.165, 1.54) is 7.11 Å². The smallest absolute Gasteiger partial charge is 0.363 e. The van der Waals surface area contributed by atoms with Crippen LogP contribution in [0.4, 0.5) is 0 Å². The highest BCUT2D eigenvalue weighted by atomic mass is 35.5. The van der Waals surface area contributed by atoms with Gasteiger partial charge in [-0.05, 0) is 66.6 Å². The molecule has 1 heterocycles. The summed E-state index contributed by atoms with van der Waals surface area (Å²) in [5.74, 6) is -0.248. The van der Waals surface area contributed by atoms with Crippen LogP contribution in [-0.2, 0) is 9.53 Å². The lowest BCUT2D eigenvalue weighted by molar-refractivity contribution is -0.129. The molecule has 0 saturated carbocycles. The Hall–Kier alpha value is -3.90. The van der Waals surface area contributed by atoms with Crippen LogP contribution < -0.4 is 9.47 Å². The molecule has 0 aromatic heterocycles. The lowest BCUT2D eigenvalue weighted by Gasteiger charge is -2.10. The summed E-state index contributed by atoms with van der Waals surface area (Å²) < 4.78 is 16.1. The number of rotatable bonds is 5. The van der Waals surface area contributed by atoms with Gasteiger partial charge >= 0.3 is 11.9 Å². The Bertz CT molecular complexity index is 1260. The predicted octanol–water partition coefficient (Wildman–Crippen LogP) is 5.22.